The van der Waals surface area contributed by atoms with Gasteiger partial charge >= 0.3 is 5.97 Å². The molecule has 1 aliphatic rings. The Bertz CT molecular complexity index is 735. The molecule has 0 aromatic heterocycles. The van der Waals surface area contributed by atoms with E-state index in [0.717, 1.165) is 54.7 Å². The lowest BCUT2D eigenvalue weighted by atomic mass is 9.96. The molecule has 1 fully saturated rings. The highest BCUT2D eigenvalue weighted by Crippen LogP contribution is 2.32. The van der Waals surface area contributed by atoms with Gasteiger partial charge < -0.3 is 14.6 Å². The molecule has 24 heavy (non-hydrogen) atoms. The van der Waals surface area contributed by atoms with Gasteiger partial charge in [-0.2, -0.15) is 0 Å². The Balaban J connectivity index is 1.75. The Labute approximate surface area is 141 Å². The van der Waals surface area contributed by atoms with Gasteiger partial charge in [0, 0.05) is 6.54 Å². The third kappa shape index (κ3) is 3.46. The maximum Gasteiger partial charge on any atom is 0.306 e. The van der Waals surface area contributed by atoms with Crippen LogP contribution in [-0.2, 0) is 11.3 Å². The first-order valence-electron chi connectivity index (χ1n) is 8.20. The number of carboxylic acids is 1. The second kappa shape index (κ2) is 7.09. The predicted octanol–water partition coefficient (Wildman–Crippen LogP) is 3.15. The first-order chi connectivity index (χ1) is 11.6. The average molecular weight is 329 g/mol. The molecule has 5 heteroatoms. The van der Waals surface area contributed by atoms with Crippen LogP contribution in [0.5, 0.6) is 11.5 Å². The fraction of sp³-hybridized carbons (Fsp3) is 0.421. The number of nitrogens with zero attached hydrogens (tertiary/aromatic N) is 1. The van der Waals surface area contributed by atoms with E-state index in [2.05, 4.69) is 23.1 Å². The molecule has 2 aromatic rings. The molecular weight excluding hydrogens is 306 g/mol. The summed E-state index contributed by atoms with van der Waals surface area (Å²) in [6, 6.07) is 10.4. The molecule has 0 spiro atoms. The van der Waals surface area contributed by atoms with Crippen molar-refractivity contribution in [3.8, 4) is 11.5 Å². The van der Waals surface area contributed by atoms with Gasteiger partial charge in [0.25, 0.3) is 0 Å². The second-order valence-corrected chi connectivity index (χ2v) is 6.28. The van der Waals surface area contributed by atoms with Gasteiger partial charge in [-0.25, -0.2) is 0 Å². The van der Waals surface area contributed by atoms with Crippen molar-refractivity contribution >= 4 is 16.7 Å². The van der Waals surface area contributed by atoms with Crippen LogP contribution in [0.15, 0.2) is 30.3 Å². The minimum absolute atomic E-state index is 0.186. The Morgan fingerprint density at radius 1 is 1.08 bits per heavy atom. The van der Waals surface area contributed by atoms with Crippen molar-refractivity contribution in [1.29, 1.82) is 0 Å². The molecule has 0 radical (unpaired) electrons. The summed E-state index contributed by atoms with van der Waals surface area (Å²) in [5, 5.41) is 11.3. The zero-order chi connectivity index (χ0) is 17.1. The summed E-state index contributed by atoms with van der Waals surface area (Å²) in [6.07, 6.45) is 1.46. The lowest BCUT2D eigenvalue weighted by molar-refractivity contribution is -0.143. The highest BCUT2D eigenvalue weighted by atomic mass is 16.5. The first-order valence-corrected chi connectivity index (χ1v) is 8.20. The summed E-state index contributed by atoms with van der Waals surface area (Å²) >= 11 is 0. The number of piperidine rings is 1. The molecule has 1 saturated heterocycles. The van der Waals surface area contributed by atoms with Crippen molar-refractivity contribution in [3.63, 3.8) is 0 Å². The number of carboxylic acid groups (broad SMARTS) is 1. The maximum absolute atomic E-state index is 11.0. The molecule has 0 unspecified atom stereocenters. The monoisotopic (exact) mass is 329 g/mol. The number of hydrogen-bond acceptors (Lipinski definition) is 4. The van der Waals surface area contributed by atoms with E-state index in [9.17, 15) is 4.79 Å². The SMILES string of the molecule is COc1cc2ccc(CN3CCC(C(=O)O)CC3)cc2cc1OC. The molecule has 128 valence electrons. The van der Waals surface area contributed by atoms with Crippen LogP contribution in [0.2, 0.25) is 0 Å². The zero-order valence-electron chi connectivity index (χ0n) is 14.1. The Kier molecular flexibility index (Phi) is 4.90. The van der Waals surface area contributed by atoms with Gasteiger partial charge in [0.2, 0.25) is 0 Å². The molecule has 1 heterocycles. The zero-order valence-corrected chi connectivity index (χ0v) is 14.1. The van der Waals surface area contributed by atoms with Crippen LogP contribution < -0.4 is 9.47 Å². The van der Waals surface area contributed by atoms with Gasteiger partial charge in [-0.1, -0.05) is 12.1 Å². The number of carbonyl (C=O) groups is 1. The van der Waals surface area contributed by atoms with E-state index in [1.54, 1.807) is 14.2 Å². The van der Waals surface area contributed by atoms with Crippen molar-refractivity contribution in [2.75, 3.05) is 27.3 Å². The lowest BCUT2D eigenvalue weighted by Crippen LogP contribution is -2.35. The molecule has 3 rings (SSSR count). The van der Waals surface area contributed by atoms with E-state index in [4.69, 9.17) is 14.6 Å². The standard InChI is InChI=1S/C19H23NO4/c1-23-17-10-15-4-3-13(9-16(15)11-18(17)24-2)12-20-7-5-14(6-8-20)19(21)22/h3-4,9-11,14H,5-8,12H2,1-2H3,(H,21,22). The number of rotatable bonds is 5. The molecule has 0 atom stereocenters. The van der Waals surface area contributed by atoms with Gasteiger partial charge in [-0.3, -0.25) is 9.69 Å². The third-order valence-corrected chi connectivity index (χ3v) is 4.75. The molecule has 5 nitrogen and oxygen atoms in total. The molecule has 0 bridgehead atoms. The van der Waals surface area contributed by atoms with Gasteiger partial charge in [0.05, 0.1) is 20.1 Å². The van der Waals surface area contributed by atoms with Gasteiger partial charge in [0.1, 0.15) is 0 Å². The fourth-order valence-corrected chi connectivity index (χ4v) is 3.32. The van der Waals surface area contributed by atoms with E-state index < -0.39 is 5.97 Å². The average Bonchev–Trinajstić information content (AvgIpc) is 2.60. The quantitative estimate of drug-likeness (QED) is 0.913. The van der Waals surface area contributed by atoms with Crippen LogP contribution in [0.1, 0.15) is 18.4 Å². The minimum atomic E-state index is -0.665. The van der Waals surface area contributed by atoms with Crippen LogP contribution in [0.3, 0.4) is 0 Å². The van der Waals surface area contributed by atoms with Crippen LogP contribution in [0.4, 0.5) is 0 Å². The highest BCUT2D eigenvalue weighted by Gasteiger charge is 2.24. The summed E-state index contributed by atoms with van der Waals surface area (Å²) in [5.74, 6) is 0.605. The normalized spacial score (nSPS) is 16.2. The highest BCUT2D eigenvalue weighted by molar-refractivity contribution is 5.86. The largest absolute Gasteiger partial charge is 0.493 e. The molecule has 2 aromatic carbocycles. The van der Waals surface area contributed by atoms with E-state index >= 15 is 0 Å². The van der Waals surface area contributed by atoms with Crippen LogP contribution >= 0.6 is 0 Å². The first kappa shape index (κ1) is 16.6. The van der Waals surface area contributed by atoms with E-state index in [1.165, 1.54) is 5.56 Å². The number of methoxy groups -OCH3 is 2. The van der Waals surface area contributed by atoms with Crippen LogP contribution in [-0.4, -0.2) is 43.3 Å². The molecular formula is C19H23NO4. The summed E-state index contributed by atoms with van der Waals surface area (Å²) in [6.45, 7) is 2.51. The smallest absolute Gasteiger partial charge is 0.306 e. The Morgan fingerprint density at radius 3 is 2.29 bits per heavy atom. The van der Waals surface area contributed by atoms with Crippen LogP contribution in [0, 0.1) is 5.92 Å². The van der Waals surface area contributed by atoms with Gasteiger partial charge in [-0.15, -0.1) is 0 Å². The number of hydrogen-bond donors (Lipinski definition) is 1. The van der Waals surface area contributed by atoms with E-state index in [0.29, 0.717) is 0 Å². The van der Waals surface area contributed by atoms with Crippen molar-refractivity contribution < 1.29 is 19.4 Å². The topological polar surface area (TPSA) is 59.0 Å². The third-order valence-electron chi connectivity index (χ3n) is 4.75. The Morgan fingerprint density at radius 2 is 1.71 bits per heavy atom. The minimum Gasteiger partial charge on any atom is -0.493 e. The van der Waals surface area contributed by atoms with Crippen molar-refractivity contribution in [3.05, 3.63) is 35.9 Å². The number of benzene rings is 2. The Hall–Kier alpha value is -2.27. The van der Waals surface area contributed by atoms with E-state index in [1.807, 2.05) is 12.1 Å². The summed E-state index contributed by atoms with van der Waals surface area (Å²) in [7, 11) is 3.28. The number of fused-ring (bicyclic) bond motifs is 1. The van der Waals surface area contributed by atoms with Crippen molar-refractivity contribution in [1.82, 2.24) is 4.90 Å². The second-order valence-electron chi connectivity index (χ2n) is 6.28. The number of aliphatic carboxylic acids is 1. The molecule has 0 saturated carbocycles. The maximum atomic E-state index is 11.0. The molecule has 0 amide bonds. The summed E-state index contributed by atoms with van der Waals surface area (Å²) < 4.78 is 10.7. The van der Waals surface area contributed by atoms with E-state index in [-0.39, 0.29) is 5.92 Å². The van der Waals surface area contributed by atoms with Crippen molar-refractivity contribution in [2.24, 2.45) is 5.92 Å². The molecule has 1 aliphatic heterocycles. The number of ether oxygens (including phenoxy) is 2. The van der Waals surface area contributed by atoms with Crippen LogP contribution in [0.25, 0.3) is 10.8 Å². The van der Waals surface area contributed by atoms with Crippen molar-refractivity contribution in [2.45, 2.75) is 19.4 Å². The van der Waals surface area contributed by atoms with Gasteiger partial charge in [0.15, 0.2) is 11.5 Å². The molecule has 1 N–H and O–H groups in total. The fourth-order valence-electron chi connectivity index (χ4n) is 3.32. The predicted molar refractivity (Wildman–Crippen MR) is 92.7 cm³/mol. The number of likely N-dealkylation sites (tertiary alicyclic amines) is 1. The molecule has 0 aliphatic carbocycles. The summed E-state index contributed by atoms with van der Waals surface area (Å²) in [5.41, 5.74) is 1.23. The lowest BCUT2D eigenvalue weighted by Gasteiger charge is -2.30. The van der Waals surface area contributed by atoms with Gasteiger partial charge in [-0.05, 0) is 60.5 Å². The summed E-state index contributed by atoms with van der Waals surface area (Å²) in [4.78, 5) is 13.4.